The van der Waals surface area contributed by atoms with Crippen LogP contribution in [0.5, 0.6) is 0 Å². The first-order valence-corrected chi connectivity index (χ1v) is 3.00. The summed E-state index contributed by atoms with van der Waals surface area (Å²) >= 11 is 0. The molecule has 0 aromatic heterocycles. The number of alkyl halides is 2. The maximum absolute atomic E-state index is 12.1. The van der Waals surface area contributed by atoms with Gasteiger partial charge in [0, 0.05) is 25.8 Å². The van der Waals surface area contributed by atoms with Gasteiger partial charge < -0.3 is 5.32 Å². The van der Waals surface area contributed by atoms with Gasteiger partial charge in [-0.3, -0.25) is 4.79 Å². The monoisotopic (exact) mass is 148 g/mol. The summed E-state index contributed by atoms with van der Waals surface area (Å²) in [6.07, 6.45) is -0.253. The average molecular weight is 148 g/mol. The molecule has 0 aromatic rings. The van der Waals surface area contributed by atoms with Crippen molar-refractivity contribution in [3.8, 4) is 0 Å². The highest BCUT2D eigenvalue weighted by Gasteiger charge is 2.57. The third kappa shape index (κ3) is 1.43. The van der Waals surface area contributed by atoms with Crippen LogP contribution in [0.15, 0.2) is 0 Å². The topological polar surface area (TPSA) is 29.1 Å². The van der Waals surface area contributed by atoms with E-state index >= 15 is 0 Å². The standard InChI is InChI=1S/C6H8F2NO/c1-9-5(10)2-4-3-6(4,7)8/h4H,1-3H2,(H,9,10)/t4-/m1/s1. The van der Waals surface area contributed by atoms with Gasteiger partial charge in [0.1, 0.15) is 0 Å². The Morgan fingerprint density at radius 3 is 2.60 bits per heavy atom. The summed E-state index contributed by atoms with van der Waals surface area (Å²) in [7, 11) is 3.07. The molecule has 1 aliphatic carbocycles. The number of halogens is 2. The van der Waals surface area contributed by atoms with Gasteiger partial charge in [-0.25, -0.2) is 8.78 Å². The third-order valence-electron chi connectivity index (χ3n) is 1.58. The maximum Gasteiger partial charge on any atom is 0.252 e. The Morgan fingerprint density at radius 2 is 2.30 bits per heavy atom. The van der Waals surface area contributed by atoms with Crippen LogP contribution < -0.4 is 5.32 Å². The van der Waals surface area contributed by atoms with E-state index < -0.39 is 17.7 Å². The number of hydrogen-bond donors (Lipinski definition) is 1. The molecule has 1 amide bonds. The summed E-state index contributed by atoms with van der Waals surface area (Å²) in [5.74, 6) is -3.75. The molecule has 4 heteroatoms. The Bertz CT molecular complexity index is 158. The van der Waals surface area contributed by atoms with Gasteiger partial charge >= 0.3 is 0 Å². The SMILES string of the molecule is [CH2]NC(=O)C[C@@H]1CC1(F)F. The molecule has 0 bridgehead atoms. The normalized spacial score (nSPS) is 27.7. The van der Waals surface area contributed by atoms with E-state index in [1.165, 1.54) is 0 Å². The third-order valence-corrected chi connectivity index (χ3v) is 1.58. The van der Waals surface area contributed by atoms with Gasteiger partial charge in [-0.2, -0.15) is 0 Å². The highest BCUT2D eigenvalue weighted by Crippen LogP contribution is 2.50. The Hall–Kier alpha value is -0.670. The van der Waals surface area contributed by atoms with Crippen LogP contribution in [0, 0.1) is 13.0 Å². The Balaban J connectivity index is 2.24. The predicted molar refractivity (Wildman–Crippen MR) is 31.2 cm³/mol. The molecule has 10 heavy (non-hydrogen) atoms. The van der Waals surface area contributed by atoms with Crippen molar-refractivity contribution in [1.82, 2.24) is 5.32 Å². The van der Waals surface area contributed by atoms with Crippen LogP contribution in [0.2, 0.25) is 0 Å². The smallest absolute Gasteiger partial charge is 0.252 e. The molecule has 0 spiro atoms. The van der Waals surface area contributed by atoms with E-state index in [0.717, 1.165) is 0 Å². The quantitative estimate of drug-likeness (QED) is 0.620. The molecule has 0 heterocycles. The Kier molecular flexibility index (Phi) is 1.62. The van der Waals surface area contributed by atoms with Crippen LogP contribution in [0.4, 0.5) is 8.78 Å². The molecular weight excluding hydrogens is 140 g/mol. The van der Waals surface area contributed by atoms with Crippen LogP contribution in [0.1, 0.15) is 12.8 Å². The second-order valence-electron chi connectivity index (χ2n) is 2.47. The average Bonchev–Trinajstić information content (AvgIpc) is 2.40. The lowest BCUT2D eigenvalue weighted by Gasteiger charge is -1.95. The van der Waals surface area contributed by atoms with Crippen LogP contribution >= 0.6 is 0 Å². The summed E-state index contributed by atoms with van der Waals surface area (Å²) in [6, 6.07) is 0. The number of hydrogen-bond acceptors (Lipinski definition) is 1. The molecule has 0 aliphatic heterocycles. The molecule has 1 N–H and O–H groups in total. The molecule has 1 radical (unpaired) electrons. The molecule has 1 fully saturated rings. The van der Waals surface area contributed by atoms with E-state index in [1.54, 1.807) is 0 Å². The number of carbonyl (C=O) groups is 1. The van der Waals surface area contributed by atoms with Gasteiger partial charge in [0.15, 0.2) is 0 Å². The van der Waals surface area contributed by atoms with Crippen molar-refractivity contribution in [2.45, 2.75) is 18.8 Å². The van der Waals surface area contributed by atoms with E-state index in [0.29, 0.717) is 0 Å². The maximum atomic E-state index is 12.1. The molecule has 0 aromatic carbocycles. The van der Waals surface area contributed by atoms with E-state index in [9.17, 15) is 13.6 Å². The summed E-state index contributed by atoms with van der Waals surface area (Å²) in [4.78, 5) is 10.4. The zero-order valence-corrected chi connectivity index (χ0v) is 5.36. The lowest BCUT2D eigenvalue weighted by molar-refractivity contribution is -0.121. The second kappa shape index (κ2) is 2.18. The molecule has 57 valence electrons. The molecule has 1 atom stereocenters. The van der Waals surface area contributed by atoms with Gasteiger partial charge in [0.25, 0.3) is 5.92 Å². The minimum Gasteiger partial charge on any atom is -0.354 e. The van der Waals surface area contributed by atoms with Crippen LogP contribution in [0.25, 0.3) is 0 Å². The number of rotatable bonds is 2. The van der Waals surface area contributed by atoms with E-state index in [1.807, 2.05) is 0 Å². The van der Waals surface area contributed by atoms with Crippen molar-refractivity contribution in [2.75, 3.05) is 0 Å². The highest BCUT2D eigenvalue weighted by atomic mass is 19.3. The zero-order chi connectivity index (χ0) is 7.78. The summed E-state index contributed by atoms with van der Waals surface area (Å²) in [5.41, 5.74) is 0. The van der Waals surface area contributed by atoms with Crippen molar-refractivity contribution in [1.29, 1.82) is 0 Å². The van der Waals surface area contributed by atoms with Gasteiger partial charge in [-0.15, -0.1) is 0 Å². The van der Waals surface area contributed by atoms with E-state index in [2.05, 4.69) is 12.4 Å². The van der Waals surface area contributed by atoms with Crippen molar-refractivity contribution >= 4 is 5.91 Å². The fourth-order valence-electron chi connectivity index (χ4n) is 0.787. The number of nitrogens with one attached hydrogen (secondary N) is 1. The van der Waals surface area contributed by atoms with Crippen molar-refractivity contribution in [3.63, 3.8) is 0 Å². The van der Waals surface area contributed by atoms with Crippen LogP contribution in [-0.2, 0) is 4.79 Å². The first-order valence-electron chi connectivity index (χ1n) is 3.00. The second-order valence-corrected chi connectivity index (χ2v) is 2.47. The summed E-state index contributed by atoms with van der Waals surface area (Å²) in [6.45, 7) is 0. The lowest BCUT2D eigenvalue weighted by Crippen LogP contribution is -2.16. The first kappa shape index (κ1) is 7.44. The minimum absolute atomic E-state index is 0.101. The van der Waals surface area contributed by atoms with Gasteiger partial charge in [0.2, 0.25) is 5.91 Å². The number of amides is 1. The Morgan fingerprint density at radius 1 is 1.80 bits per heavy atom. The lowest BCUT2D eigenvalue weighted by atomic mass is 10.3. The van der Waals surface area contributed by atoms with Crippen molar-refractivity contribution in [3.05, 3.63) is 7.05 Å². The predicted octanol–water partition coefficient (Wildman–Crippen LogP) is 0.939. The largest absolute Gasteiger partial charge is 0.354 e. The van der Waals surface area contributed by atoms with Gasteiger partial charge in [-0.05, 0) is 0 Å². The van der Waals surface area contributed by atoms with Crippen molar-refractivity contribution in [2.24, 2.45) is 5.92 Å². The van der Waals surface area contributed by atoms with Crippen LogP contribution in [0.3, 0.4) is 0 Å². The molecule has 0 unspecified atom stereocenters. The van der Waals surface area contributed by atoms with Crippen LogP contribution in [-0.4, -0.2) is 11.8 Å². The first-order chi connectivity index (χ1) is 4.56. The molecular formula is C6H8F2NO. The van der Waals surface area contributed by atoms with Gasteiger partial charge in [-0.1, -0.05) is 0 Å². The summed E-state index contributed by atoms with van der Waals surface area (Å²) in [5, 5.41) is 2.05. The fourth-order valence-corrected chi connectivity index (χ4v) is 0.787. The number of carbonyl (C=O) groups excluding carboxylic acids is 1. The van der Waals surface area contributed by atoms with Crippen molar-refractivity contribution < 1.29 is 13.6 Å². The minimum atomic E-state index is -2.59. The highest BCUT2D eigenvalue weighted by molar-refractivity contribution is 5.76. The van der Waals surface area contributed by atoms with E-state index in [4.69, 9.17) is 0 Å². The fraction of sp³-hybridized carbons (Fsp3) is 0.667. The Labute approximate surface area is 57.6 Å². The van der Waals surface area contributed by atoms with E-state index in [-0.39, 0.29) is 12.8 Å². The van der Waals surface area contributed by atoms with Gasteiger partial charge in [0.05, 0.1) is 0 Å². The molecule has 0 saturated heterocycles. The molecule has 1 saturated carbocycles. The molecule has 1 aliphatic rings. The molecule has 1 rings (SSSR count). The molecule has 2 nitrogen and oxygen atoms in total. The summed E-state index contributed by atoms with van der Waals surface area (Å²) < 4.78 is 24.2. The zero-order valence-electron chi connectivity index (χ0n) is 5.36.